The third kappa shape index (κ3) is 4.03. The smallest absolute Gasteiger partial charge is 0.260 e. The maximum absolute atomic E-state index is 6.80. The molecule has 202 valence electrons. The predicted molar refractivity (Wildman–Crippen MR) is 175 cm³/mol. The molecule has 5 aromatic rings. The van der Waals surface area contributed by atoms with Crippen LogP contribution in [0.3, 0.4) is 0 Å². The summed E-state index contributed by atoms with van der Waals surface area (Å²) in [5.41, 5.74) is 13.2. The van der Waals surface area contributed by atoms with Crippen molar-refractivity contribution in [3.05, 3.63) is 132 Å². The lowest BCUT2D eigenvalue weighted by atomic mass is 9.34. The molecule has 42 heavy (non-hydrogen) atoms. The Balaban J connectivity index is 1.32. The third-order valence-electron chi connectivity index (χ3n) is 9.01. The van der Waals surface area contributed by atoms with E-state index < -0.39 is 0 Å². The summed E-state index contributed by atoms with van der Waals surface area (Å²) >= 11 is 0. The highest BCUT2D eigenvalue weighted by molar-refractivity contribution is 6.98. The first-order valence-corrected chi connectivity index (χ1v) is 14.9. The number of hydrogen-bond acceptors (Lipinski definition) is 2. The van der Waals surface area contributed by atoms with E-state index in [1.54, 1.807) is 0 Å². The summed E-state index contributed by atoms with van der Waals surface area (Å²) in [4.78, 5) is 0. The van der Waals surface area contributed by atoms with E-state index in [9.17, 15) is 0 Å². The molecule has 0 saturated heterocycles. The molecule has 0 amide bonds. The Morgan fingerprint density at radius 3 is 2.12 bits per heavy atom. The van der Waals surface area contributed by atoms with Crippen molar-refractivity contribution in [2.75, 3.05) is 0 Å². The molecule has 3 heteroatoms. The molecule has 1 unspecified atom stereocenters. The van der Waals surface area contributed by atoms with Crippen LogP contribution in [0.15, 0.2) is 121 Å². The second kappa shape index (κ2) is 9.67. The molecule has 0 spiro atoms. The van der Waals surface area contributed by atoms with Crippen LogP contribution < -0.4 is 25.9 Å². The van der Waals surface area contributed by atoms with Gasteiger partial charge < -0.3 is 9.47 Å². The minimum atomic E-state index is 0.0161. The molecule has 0 saturated carbocycles. The summed E-state index contributed by atoms with van der Waals surface area (Å²) in [7, 11) is 0. The maximum atomic E-state index is 6.80. The van der Waals surface area contributed by atoms with Crippen LogP contribution in [0.25, 0.3) is 27.8 Å². The van der Waals surface area contributed by atoms with E-state index in [1.165, 1.54) is 44.3 Å². The van der Waals surface area contributed by atoms with Crippen LogP contribution in [0.5, 0.6) is 23.0 Å². The molecule has 1 atom stereocenters. The summed E-state index contributed by atoms with van der Waals surface area (Å²) in [5, 5.41) is 0. The fourth-order valence-electron chi connectivity index (χ4n) is 6.92. The number of allylic oxidation sites excluding steroid dienone is 4. The van der Waals surface area contributed by atoms with Crippen molar-refractivity contribution >= 4 is 28.7 Å². The molecule has 0 fully saturated rings. The topological polar surface area (TPSA) is 18.5 Å². The Hall–Kier alpha value is -4.76. The molecule has 8 rings (SSSR count). The SMILES string of the molecule is CC1=CC(C)CC=C1c1ccc2c(c1)Oc1cc(-c3ccccc3)cc3c1B2c1cc(-c2ccccc2C)ccc1O3. The van der Waals surface area contributed by atoms with Gasteiger partial charge in [0.15, 0.2) is 0 Å². The van der Waals surface area contributed by atoms with E-state index in [4.69, 9.17) is 9.47 Å². The number of aryl methyl sites for hydroxylation is 1. The van der Waals surface area contributed by atoms with Gasteiger partial charge in [-0.3, -0.25) is 0 Å². The highest BCUT2D eigenvalue weighted by Crippen LogP contribution is 2.40. The van der Waals surface area contributed by atoms with Crippen LogP contribution in [-0.2, 0) is 0 Å². The average Bonchev–Trinajstić information content (AvgIpc) is 3.01. The monoisotopic (exact) mass is 542 g/mol. The molecular formula is C39H31BO2. The molecule has 3 aliphatic rings. The van der Waals surface area contributed by atoms with Gasteiger partial charge in [0.05, 0.1) is 0 Å². The summed E-state index contributed by atoms with van der Waals surface area (Å²) in [6, 6.07) is 36.8. The lowest BCUT2D eigenvalue weighted by molar-refractivity contribution is 0.465. The first-order chi connectivity index (χ1) is 20.5. The van der Waals surface area contributed by atoms with Gasteiger partial charge in [-0.1, -0.05) is 97.9 Å². The minimum absolute atomic E-state index is 0.0161. The zero-order valence-electron chi connectivity index (χ0n) is 24.1. The van der Waals surface area contributed by atoms with Crippen molar-refractivity contribution in [3.8, 4) is 45.3 Å². The second-order valence-electron chi connectivity index (χ2n) is 11.9. The van der Waals surface area contributed by atoms with Gasteiger partial charge in [0, 0.05) is 5.46 Å². The second-order valence-corrected chi connectivity index (χ2v) is 11.9. The molecule has 5 aromatic carbocycles. The number of benzene rings is 5. The van der Waals surface area contributed by atoms with Gasteiger partial charge >= 0.3 is 0 Å². The quantitative estimate of drug-likeness (QED) is 0.209. The van der Waals surface area contributed by atoms with Gasteiger partial charge in [0.1, 0.15) is 23.0 Å². The Morgan fingerprint density at radius 1 is 0.619 bits per heavy atom. The number of fused-ring (bicyclic) bond motifs is 4. The highest BCUT2D eigenvalue weighted by atomic mass is 16.5. The van der Waals surface area contributed by atoms with Crippen LogP contribution in [0, 0.1) is 12.8 Å². The van der Waals surface area contributed by atoms with Crippen LogP contribution in [0.4, 0.5) is 0 Å². The van der Waals surface area contributed by atoms with E-state index >= 15 is 0 Å². The minimum Gasteiger partial charge on any atom is -0.458 e. The number of ether oxygens (including phenoxy) is 2. The van der Waals surface area contributed by atoms with E-state index in [-0.39, 0.29) is 6.71 Å². The summed E-state index contributed by atoms with van der Waals surface area (Å²) in [6.07, 6.45) is 5.82. The molecule has 2 heterocycles. The van der Waals surface area contributed by atoms with Gasteiger partial charge in [-0.15, -0.1) is 0 Å². The Morgan fingerprint density at radius 2 is 1.33 bits per heavy atom. The molecule has 0 radical (unpaired) electrons. The van der Waals surface area contributed by atoms with Crippen molar-refractivity contribution in [2.45, 2.75) is 27.2 Å². The zero-order valence-corrected chi connectivity index (χ0v) is 24.1. The van der Waals surface area contributed by atoms with E-state index in [0.29, 0.717) is 5.92 Å². The predicted octanol–water partition coefficient (Wildman–Crippen LogP) is 8.43. The van der Waals surface area contributed by atoms with E-state index in [0.717, 1.165) is 46.0 Å². The largest absolute Gasteiger partial charge is 0.458 e. The van der Waals surface area contributed by atoms with Crippen molar-refractivity contribution in [1.82, 2.24) is 0 Å². The van der Waals surface area contributed by atoms with Gasteiger partial charge in [-0.05, 0) is 106 Å². The normalized spacial score (nSPS) is 16.3. The molecule has 2 aliphatic heterocycles. The molecule has 0 N–H and O–H groups in total. The summed E-state index contributed by atoms with van der Waals surface area (Å²) in [5.74, 6) is 4.13. The Bertz CT molecular complexity index is 1950. The van der Waals surface area contributed by atoms with Crippen LogP contribution >= 0.6 is 0 Å². The average molecular weight is 542 g/mol. The van der Waals surface area contributed by atoms with Crippen molar-refractivity contribution in [1.29, 1.82) is 0 Å². The first kappa shape index (κ1) is 25.0. The van der Waals surface area contributed by atoms with Gasteiger partial charge in [0.25, 0.3) is 6.71 Å². The van der Waals surface area contributed by atoms with Crippen molar-refractivity contribution in [3.63, 3.8) is 0 Å². The fraction of sp³-hybridized carbons (Fsp3) is 0.128. The Kier molecular flexibility index (Phi) is 5.75. The zero-order chi connectivity index (χ0) is 28.4. The lowest BCUT2D eigenvalue weighted by Crippen LogP contribution is -2.57. The first-order valence-electron chi connectivity index (χ1n) is 14.9. The van der Waals surface area contributed by atoms with Gasteiger partial charge in [0.2, 0.25) is 0 Å². The van der Waals surface area contributed by atoms with E-state index in [2.05, 4.69) is 130 Å². The van der Waals surface area contributed by atoms with Gasteiger partial charge in [-0.2, -0.15) is 0 Å². The number of rotatable bonds is 3. The molecule has 0 bridgehead atoms. The van der Waals surface area contributed by atoms with Crippen molar-refractivity contribution < 1.29 is 9.47 Å². The fourth-order valence-corrected chi connectivity index (χ4v) is 6.92. The van der Waals surface area contributed by atoms with Crippen LogP contribution in [-0.4, -0.2) is 6.71 Å². The third-order valence-corrected chi connectivity index (χ3v) is 9.01. The summed E-state index contributed by atoms with van der Waals surface area (Å²) in [6.45, 7) is 6.69. The Labute approximate surface area is 248 Å². The maximum Gasteiger partial charge on any atom is 0.260 e. The lowest BCUT2D eigenvalue weighted by Gasteiger charge is -2.34. The van der Waals surface area contributed by atoms with E-state index in [1.807, 2.05) is 6.07 Å². The van der Waals surface area contributed by atoms with Gasteiger partial charge in [-0.25, -0.2) is 0 Å². The molecule has 0 aromatic heterocycles. The van der Waals surface area contributed by atoms with Crippen LogP contribution in [0.2, 0.25) is 0 Å². The van der Waals surface area contributed by atoms with Crippen LogP contribution in [0.1, 0.15) is 31.4 Å². The van der Waals surface area contributed by atoms with Crippen molar-refractivity contribution in [2.24, 2.45) is 5.92 Å². The standard InChI is InChI=1S/C39H31BO2/c1-24-13-16-32(26(3)19-24)29-14-17-33-36(21-29)42-38-23-30(27-10-5-4-6-11-27)22-37-39(38)40(33)34-20-28(15-18-35(34)41-37)31-12-8-7-9-25(31)2/h4-12,14-24H,13H2,1-3H3. The molecule has 1 aliphatic carbocycles. The molecule has 2 nitrogen and oxygen atoms in total. The summed E-state index contributed by atoms with van der Waals surface area (Å²) < 4.78 is 13.5. The molecular weight excluding hydrogens is 511 g/mol. The number of hydrogen-bond donors (Lipinski definition) is 0. The highest BCUT2D eigenvalue weighted by Gasteiger charge is 2.41.